The van der Waals surface area contributed by atoms with Gasteiger partial charge in [-0.05, 0) is 38.4 Å². The zero-order valence-electron chi connectivity index (χ0n) is 11.4. The first-order valence-electron chi connectivity index (χ1n) is 6.75. The number of thiocarbonyl (C=S) groups is 1. The van der Waals surface area contributed by atoms with E-state index in [-0.39, 0.29) is 6.04 Å². The Labute approximate surface area is 111 Å². The van der Waals surface area contributed by atoms with Gasteiger partial charge in [0.25, 0.3) is 0 Å². The second-order valence-electron chi connectivity index (χ2n) is 4.91. The average molecular weight is 258 g/mol. The number of hydrogen-bond acceptors (Lipinski definition) is 2. The molecule has 0 radical (unpaired) electrons. The van der Waals surface area contributed by atoms with Gasteiger partial charge in [-0.1, -0.05) is 19.8 Å². The lowest BCUT2D eigenvalue weighted by Gasteiger charge is -2.33. The molecule has 1 N–H and O–H groups in total. The summed E-state index contributed by atoms with van der Waals surface area (Å²) in [6.07, 6.45) is 6.39. The molecule has 17 heavy (non-hydrogen) atoms. The standard InChI is InChI=1S/C13H26N2OS/c1-4-12-8-6-5-7-9-15(12)13(17)14-11(2)10-16-3/h11-12H,4-10H2,1-3H3,(H,14,17). The Morgan fingerprint density at radius 1 is 1.47 bits per heavy atom. The first kappa shape index (κ1) is 14.7. The van der Waals surface area contributed by atoms with Gasteiger partial charge in [0.2, 0.25) is 0 Å². The Bertz CT molecular complexity index is 235. The molecule has 1 aliphatic heterocycles. The van der Waals surface area contributed by atoms with Crippen molar-refractivity contribution in [1.29, 1.82) is 0 Å². The van der Waals surface area contributed by atoms with Gasteiger partial charge < -0.3 is 15.0 Å². The Kier molecular flexibility index (Phi) is 6.82. The number of hydrogen-bond donors (Lipinski definition) is 1. The van der Waals surface area contributed by atoms with Crippen LogP contribution < -0.4 is 5.32 Å². The van der Waals surface area contributed by atoms with E-state index in [0.717, 1.165) is 11.7 Å². The fourth-order valence-corrected chi connectivity index (χ4v) is 2.90. The Morgan fingerprint density at radius 3 is 2.88 bits per heavy atom. The van der Waals surface area contributed by atoms with E-state index in [1.54, 1.807) is 7.11 Å². The largest absolute Gasteiger partial charge is 0.383 e. The number of likely N-dealkylation sites (tertiary alicyclic amines) is 1. The molecule has 4 heteroatoms. The minimum Gasteiger partial charge on any atom is -0.383 e. The van der Waals surface area contributed by atoms with Gasteiger partial charge in [-0.2, -0.15) is 0 Å². The number of rotatable bonds is 4. The summed E-state index contributed by atoms with van der Waals surface area (Å²) in [6.45, 7) is 6.16. The van der Waals surface area contributed by atoms with E-state index in [4.69, 9.17) is 17.0 Å². The van der Waals surface area contributed by atoms with Crippen LogP contribution in [-0.2, 0) is 4.74 Å². The Balaban J connectivity index is 2.51. The molecule has 1 rings (SSSR count). The van der Waals surface area contributed by atoms with Gasteiger partial charge in [-0.25, -0.2) is 0 Å². The van der Waals surface area contributed by atoms with Gasteiger partial charge in [-0.15, -0.1) is 0 Å². The van der Waals surface area contributed by atoms with Crippen molar-refractivity contribution in [3.8, 4) is 0 Å². The van der Waals surface area contributed by atoms with E-state index in [0.29, 0.717) is 12.6 Å². The smallest absolute Gasteiger partial charge is 0.169 e. The van der Waals surface area contributed by atoms with Crippen LogP contribution in [0.25, 0.3) is 0 Å². The molecule has 0 amide bonds. The van der Waals surface area contributed by atoms with Crippen LogP contribution >= 0.6 is 12.2 Å². The summed E-state index contributed by atoms with van der Waals surface area (Å²) in [4.78, 5) is 2.38. The van der Waals surface area contributed by atoms with Crippen LogP contribution in [0, 0.1) is 0 Å². The topological polar surface area (TPSA) is 24.5 Å². The molecule has 1 aliphatic rings. The van der Waals surface area contributed by atoms with Crippen LogP contribution in [0.1, 0.15) is 46.0 Å². The van der Waals surface area contributed by atoms with Crippen molar-refractivity contribution in [3.63, 3.8) is 0 Å². The van der Waals surface area contributed by atoms with Gasteiger partial charge >= 0.3 is 0 Å². The predicted octanol–water partition coefficient (Wildman–Crippen LogP) is 2.55. The fraction of sp³-hybridized carbons (Fsp3) is 0.923. The van der Waals surface area contributed by atoms with Crippen LogP contribution in [0.5, 0.6) is 0 Å². The minimum absolute atomic E-state index is 0.285. The molecule has 1 heterocycles. The number of ether oxygens (including phenoxy) is 1. The van der Waals surface area contributed by atoms with Gasteiger partial charge in [0.1, 0.15) is 0 Å². The Morgan fingerprint density at radius 2 is 2.24 bits per heavy atom. The van der Waals surface area contributed by atoms with Gasteiger partial charge in [0.15, 0.2) is 5.11 Å². The number of nitrogens with one attached hydrogen (secondary N) is 1. The van der Waals surface area contributed by atoms with E-state index < -0.39 is 0 Å². The molecular formula is C13H26N2OS. The van der Waals surface area contributed by atoms with E-state index in [9.17, 15) is 0 Å². The fourth-order valence-electron chi connectivity index (χ4n) is 2.45. The molecule has 0 aromatic rings. The summed E-state index contributed by atoms with van der Waals surface area (Å²) < 4.78 is 5.13. The highest BCUT2D eigenvalue weighted by molar-refractivity contribution is 7.80. The highest BCUT2D eigenvalue weighted by Gasteiger charge is 2.22. The van der Waals surface area contributed by atoms with Crippen molar-refractivity contribution in [2.24, 2.45) is 0 Å². The second-order valence-corrected chi connectivity index (χ2v) is 5.30. The third-order valence-corrected chi connectivity index (χ3v) is 3.75. The normalized spacial score (nSPS) is 23.0. The summed E-state index contributed by atoms with van der Waals surface area (Å²) in [7, 11) is 1.72. The summed E-state index contributed by atoms with van der Waals surface area (Å²) in [5.41, 5.74) is 0. The first-order chi connectivity index (χ1) is 8.19. The quantitative estimate of drug-likeness (QED) is 0.783. The van der Waals surface area contributed by atoms with Crippen LogP contribution in [-0.4, -0.2) is 42.4 Å². The predicted molar refractivity (Wildman–Crippen MR) is 76.3 cm³/mol. The van der Waals surface area contributed by atoms with E-state index in [2.05, 4.69) is 24.1 Å². The zero-order valence-corrected chi connectivity index (χ0v) is 12.2. The molecule has 2 unspecified atom stereocenters. The maximum atomic E-state index is 5.53. The molecule has 0 aromatic heterocycles. The second kappa shape index (κ2) is 7.88. The highest BCUT2D eigenvalue weighted by atomic mass is 32.1. The lowest BCUT2D eigenvalue weighted by atomic mass is 10.1. The Hall–Kier alpha value is -0.350. The van der Waals surface area contributed by atoms with Crippen molar-refractivity contribution >= 4 is 17.3 Å². The molecule has 0 saturated carbocycles. The average Bonchev–Trinajstić information content (AvgIpc) is 2.53. The molecular weight excluding hydrogens is 232 g/mol. The lowest BCUT2D eigenvalue weighted by Crippen LogP contribution is -2.49. The van der Waals surface area contributed by atoms with Gasteiger partial charge in [0, 0.05) is 25.7 Å². The zero-order chi connectivity index (χ0) is 12.7. The molecule has 3 nitrogen and oxygen atoms in total. The molecule has 1 fully saturated rings. The summed E-state index contributed by atoms with van der Waals surface area (Å²) in [5, 5.41) is 4.28. The SMILES string of the molecule is CCC1CCCCCN1C(=S)NC(C)COC. The van der Waals surface area contributed by atoms with E-state index in [1.165, 1.54) is 32.1 Å². The monoisotopic (exact) mass is 258 g/mol. The third kappa shape index (κ3) is 4.80. The molecule has 0 aliphatic carbocycles. The summed E-state index contributed by atoms with van der Waals surface area (Å²) >= 11 is 5.53. The minimum atomic E-state index is 0.285. The highest BCUT2D eigenvalue weighted by Crippen LogP contribution is 2.19. The van der Waals surface area contributed by atoms with Crippen molar-refractivity contribution in [3.05, 3.63) is 0 Å². The number of nitrogens with zero attached hydrogens (tertiary/aromatic N) is 1. The summed E-state index contributed by atoms with van der Waals surface area (Å²) in [5.74, 6) is 0. The maximum absolute atomic E-state index is 5.53. The van der Waals surface area contributed by atoms with Crippen molar-refractivity contribution < 1.29 is 4.74 Å². The summed E-state index contributed by atoms with van der Waals surface area (Å²) in [6, 6.07) is 0.903. The van der Waals surface area contributed by atoms with E-state index >= 15 is 0 Å². The lowest BCUT2D eigenvalue weighted by molar-refractivity contribution is 0.176. The molecule has 0 spiro atoms. The molecule has 1 saturated heterocycles. The van der Waals surface area contributed by atoms with Crippen molar-refractivity contribution in [2.75, 3.05) is 20.3 Å². The third-order valence-electron chi connectivity index (χ3n) is 3.40. The molecule has 2 atom stereocenters. The van der Waals surface area contributed by atoms with Crippen molar-refractivity contribution in [2.45, 2.75) is 58.0 Å². The maximum Gasteiger partial charge on any atom is 0.169 e. The van der Waals surface area contributed by atoms with Crippen LogP contribution in [0.4, 0.5) is 0 Å². The molecule has 0 aromatic carbocycles. The molecule has 0 bridgehead atoms. The van der Waals surface area contributed by atoms with Crippen LogP contribution in [0.2, 0.25) is 0 Å². The van der Waals surface area contributed by atoms with Gasteiger partial charge in [-0.3, -0.25) is 0 Å². The number of methoxy groups -OCH3 is 1. The van der Waals surface area contributed by atoms with Crippen LogP contribution in [0.3, 0.4) is 0 Å². The van der Waals surface area contributed by atoms with Crippen LogP contribution in [0.15, 0.2) is 0 Å². The van der Waals surface area contributed by atoms with Gasteiger partial charge in [0.05, 0.1) is 6.61 Å². The first-order valence-corrected chi connectivity index (χ1v) is 7.16. The molecule has 100 valence electrons. The van der Waals surface area contributed by atoms with Crippen molar-refractivity contribution in [1.82, 2.24) is 10.2 Å². The van der Waals surface area contributed by atoms with E-state index in [1.807, 2.05) is 0 Å².